The van der Waals surface area contributed by atoms with E-state index in [1.807, 2.05) is 32.0 Å². The summed E-state index contributed by atoms with van der Waals surface area (Å²) in [6.45, 7) is 4.08. The summed E-state index contributed by atoms with van der Waals surface area (Å²) in [5, 5.41) is 11.6. The molecule has 0 unspecified atom stereocenters. The smallest absolute Gasteiger partial charge is 0.156 e. The molecule has 15 heavy (non-hydrogen) atoms. The largest absolute Gasteiger partial charge is 0.197 e. The van der Waals surface area contributed by atoms with Gasteiger partial charge in [0, 0.05) is 10.9 Å². The van der Waals surface area contributed by atoms with Crippen LogP contribution < -0.4 is 0 Å². The molecule has 0 atom stereocenters. The van der Waals surface area contributed by atoms with Gasteiger partial charge in [-0.3, -0.25) is 0 Å². The summed E-state index contributed by atoms with van der Waals surface area (Å²) in [4.78, 5) is 0. The van der Waals surface area contributed by atoms with Crippen molar-refractivity contribution >= 4 is 15.9 Å². The van der Waals surface area contributed by atoms with Crippen LogP contribution >= 0.6 is 15.9 Å². The average Bonchev–Trinajstić information content (AvgIpc) is 2.70. The number of aromatic nitrogens is 4. The lowest BCUT2D eigenvalue weighted by Gasteiger charge is -2.04. The number of benzene rings is 1. The second-order valence-corrected chi connectivity index (χ2v) is 4.15. The maximum absolute atomic E-state index is 3.96. The highest BCUT2D eigenvalue weighted by Gasteiger charge is 2.06. The fraction of sp³-hybridized carbons (Fsp3) is 0.300. The molecule has 0 spiro atoms. The van der Waals surface area contributed by atoms with Crippen molar-refractivity contribution in [2.75, 3.05) is 0 Å². The first-order valence-corrected chi connectivity index (χ1v) is 5.55. The topological polar surface area (TPSA) is 43.6 Å². The molecule has 0 bridgehead atoms. The van der Waals surface area contributed by atoms with Gasteiger partial charge in [0.2, 0.25) is 0 Å². The molecule has 2 rings (SSSR count). The van der Waals surface area contributed by atoms with E-state index in [0.717, 1.165) is 22.4 Å². The number of hydrogen-bond donors (Lipinski definition) is 0. The van der Waals surface area contributed by atoms with Gasteiger partial charge in [-0.2, -0.15) is 4.68 Å². The Labute approximate surface area is 96.4 Å². The number of rotatable bonds is 2. The molecule has 0 aliphatic carbocycles. The molecule has 0 amide bonds. The maximum Gasteiger partial charge on any atom is 0.156 e. The third-order valence-electron chi connectivity index (χ3n) is 2.25. The lowest BCUT2D eigenvalue weighted by atomic mass is 10.2. The molecule has 1 aromatic heterocycles. The van der Waals surface area contributed by atoms with Crippen molar-refractivity contribution in [2.45, 2.75) is 20.3 Å². The van der Waals surface area contributed by atoms with Crippen LogP contribution in [0.1, 0.15) is 18.3 Å². The molecule has 4 nitrogen and oxygen atoms in total. The molecule has 0 saturated carbocycles. The minimum atomic E-state index is 0.818. The van der Waals surface area contributed by atoms with Crippen LogP contribution in [0.15, 0.2) is 22.7 Å². The minimum absolute atomic E-state index is 0.818. The van der Waals surface area contributed by atoms with E-state index in [9.17, 15) is 0 Å². The van der Waals surface area contributed by atoms with Crippen molar-refractivity contribution < 1.29 is 0 Å². The maximum atomic E-state index is 3.96. The molecule has 0 N–H and O–H groups in total. The molecule has 0 aliphatic heterocycles. The predicted octanol–water partition coefficient (Wildman–Crippen LogP) is 2.30. The Kier molecular flexibility index (Phi) is 2.81. The second-order valence-electron chi connectivity index (χ2n) is 3.29. The summed E-state index contributed by atoms with van der Waals surface area (Å²) in [6.07, 6.45) is 0.818. The lowest BCUT2D eigenvalue weighted by Crippen LogP contribution is -2.02. The van der Waals surface area contributed by atoms with Gasteiger partial charge in [-0.05, 0) is 35.0 Å². The molecule has 0 fully saturated rings. The van der Waals surface area contributed by atoms with Gasteiger partial charge < -0.3 is 0 Å². The molecule has 0 aliphatic rings. The van der Waals surface area contributed by atoms with E-state index in [2.05, 4.69) is 31.5 Å². The third kappa shape index (κ3) is 1.92. The van der Waals surface area contributed by atoms with Gasteiger partial charge in [0.05, 0.1) is 5.69 Å². The minimum Gasteiger partial charge on any atom is -0.197 e. The fourth-order valence-corrected chi connectivity index (χ4v) is 1.71. The van der Waals surface area contributed by atoms with Crippen molar-refractivity contribution in [1.82, 2.24) is 20.2 Å². The monoisotopic (exact) mass is 266 g/mol. The first-order chi connectivity index (χ1) is 7.22. The summed E-state index contributed by atoms with van der Waals surface area (Å²) in [5.41, 5.74) is 2.18. The van der Waals surface area contributed by atoms with Gasteiger partial charge in [0.15, 0.2) is 5.82 Å². The SMILES string of the molecule is CCc1nnnn1-c1ccc(C)c(Br)c1. The van der Waals surface area contributed by atoms with Crippen LogP contribution in [-0.2, 0) is 6.42 Å². The molecule has 1 heterocycles. The van der Waals surface area contributed by atoms with Gasteiger partial charge in [-0.25, -0.2) is 0 Å². The highest BCUT2D eigenvalue weighted by Crippen LogP contribution is 2.19. The van der Waals surface area contributed by atoms with Crippen LogP contribution in [0.5, 0.6) is 0 Å². The van der Waals surface area contributed by atoms with E-state index < -0.39 is 0 Å². The van der Waals surface area contributed by atoms with Crippen molar-refractivity contribution in [3.05, 3.63) is 34.1 Å². The number of aryl methyl sites for hydroxylation is 2. The Morgan fingerprint density at radius 3 is 2.87 bits per heavy atom. The van der Waals surface area contributed by atoms with Crippen molar-refractivity contribution in [1.29, 1.82) is 0 Å². The normalized spacial score (nSPS) is 10.6. The van der Waals surface area contributed by atoms with Crippen molar-refractivity contribution in [3.63, 3.8) is 0 Å². The standard InChI is InChI=1S/C10H11BrN4/c1-3-10-12-13-14-15(10)8-5-4-7(2)9(11)6-8/h4-6H,3H2,1-2H3. The van der Waals surface area contributed by atoms with E-state index in [4.69, 9.17) is 0 Å². The summed E-state index contributed by atoms with van der Waals surface area (Å²) >= 11 is 3.50. The fourth-order valence-electron chi connectivity index (χ4n) is 1.34. The quantitative estimate of drug-likeness (QED) is 0.838. The molecule has 1 aromatic carbocycles. The summed E-state index contributed by atoms with van der Waals surface area (Å²) in [7, 11) is 0. The number of nitrogens with zero attached hydrogens (tertiary/aromatic N) is 4. The molecule has 78 valence electrons. The summed E-state index contributed by atoms with van der Waals surface area (Å²) in [6, 6.07) is 6.07. The van der Waals surface area contributed by atoms with E-state index in [0.29, 0.717) is 0 Å². The first kappa shape index (κ1) is 10.3. The molecule has 0 radical (unpaired) electrons. The Balaban J connectivity index is 2.50. The van der Waals surface area contributed by atoms with E-state index in [-0.39, 0.29) is 0 Å². The summed E-state index contributed by atoms with van der Waals surface area (Å²) < 4.78 is 2.82. The van der Waals surface area contributed by atoms with Crippen LogP contribution in [0, 0.1) is 6.92 Å². The van der Waals surface area contributed by atoms with E-state index in [1.165, 1.54) is 5.56 Å². The Bertz CT molecular complexity index is 478. The van der Waals surface area contributed by atoms with Crippen LogP contribution in [0.2, 0.25) is 0 Å². The molecule has 0 saturated heterocycles. The van der Waals surface area contributed by atoms with Gasteiger partial charge in [0.1, 0.15) is 0 Å². The van der Waals surface area contributed by atoms with Gasteiger partial charge >= 0.3 is 0 Å². The number of tetrazole rings is 1. The number of hydrogen-bond acceptors (Lipinski definition) is 3. The zero-order valence-corrected chi connectivity index (χ0v) is 10.2. The lowest BCUT2D eigenvalue weighted by molar-refractivity contribution is 0.766. The molecule has 2 aromatic rings. The van der Waals surface area contributed by atoms with Crippen molar-refractivity contribution in [3.8, 4) is 5.69 Å². The van der Waals surface area contributed by atoms with E-state index >= 15 is 0 Å². The Morgan fingerprint density at radius 2 is 2.20 bits per heavy atom. The highest BCUT2D eigenvalue weighted by atomic mass is 79.9. The zero-order chi connectivity index (χ0) is 10.8. The number of halogens is 1. The average molecular weight is 267 g/mol. The predicted molar refractivity (Wildman–Crippen MR) is 61.0 cm³/mol. The zero-order valence-electron chi connectivity index (χ0n) is 8.61. The molecular formula is C10H11BrN4. The Hall–Kier alpha value is -1.23. The van der Waals surface area contributed by atoms with E-state index in [1.54, 1.807) is 4.68 Å². The second kappa shape index (κ2) is 4.10. The third-order valence-corrected chi connectivity index (χ3v) is 3.10. The Morgan fingerprint density at radius 1 is 1.40 bits per heavy atom. The van der Waals surface area contributed by atoms with Crippen LogP contribution in [0.3, 0.4) is 0 Å². The van der Waals surface area contributed by atoms with Crippen LogP contribution in [0.4, 0.5) is 0 Å². The van der Waals surface area contributed by atoms with Crippen LogP contribution in [0.25, 0.3) is 5.69 Å². The van der Waals surface area contributed by atoms with Crippen LogP contribution in [-0.4, -0.2) is 20.2 Å². The highest BCUT2D eigenvalue weighted by molar-refractivity contribution is 9.10. The van der Waals surface area contributed by atoms with Gasteiger partial charge in [-0.1, -0.05) is 28.9 Å². The summed E-state index contributed by atoms with van der Waals surface area (Å²) in [5.74, 6) is 0.866. The first-order valence-electron chi connectivity index (χ1n) is 4.76. The molecule has 5 heteroatoms. The van der Waals surface area contributed by atoms with Crippen molar-refractivity contribution in [2.24, 2.45) is 0 Å². The van der Waals surface area contributed by atoms with Gasteiger partial charge in [-0.15, -0.1) is 5.10 Å². The van der Waals surface area contributed by atoms with Gasteiger partial charge in [0.25, 0.3) is 0 Å². The molecular weight excluding hydrogens is 256 g/mol.